The fourth-order valence-corrected chi connectivity index (χ4v) is 8.52. The van der Waals surface area contributed by atoms with Crippen LogP contribution in [0.25, 0.3) is 0 Å². The Morgan fingerprint density at radius 2 is 1.23 bits per heavy atom. The van der Waals surface area contributed by atoms with Crippen molar-refractivity contribution in [3.05, 3.63) is 117 Å². The summed E-state index contributed by atoms with van der Waals surface area (Å²) in [6.45, 7) is 17.3. The molecular formula is C47H66BF2N9O6. The lowest BCUT2D eigenvalue weighted by molar-refractivity contribution is -0.123. The van der Waals surface area contributed by atoms with Crippen molar-refractivity contribution in [1.29, 1.82) is 0 Å². The van der Waals surface area contributed by atoms with E-state index in [1.165, 1.54) is 0 Å². The average molecular weight is 902 g/mol. The largest absolute Gasteiger partial charge is 0.677 e. The van der Waals surface area contributed by atoms with Gasteiger partial charge in [0.05, 0.1) is 5.92 Å². The van der Waals surface area contributed by atoms with E-state index in [9.17, 15) is 32.6 Å². The first-order chi connectivity index (χ1) is 31.2. The third-order valence-corrected chi connectivity index (χ3v) is 11.7. The maximum Gasteiger partial charge on any atom is 0.677 e. The molecule has 5 aromatic rings. The van der Waals surface area contributed by atoms with E-state index in [2.05, 4.69) is 41.4 Å². The lowest BCUT2D eigenvalue weighted by Crippen LogP contribution is -2.39. The molecule has 3 heterocycles. The summed E-state index contributed by atoms with van der Waals surface area (Å²) in [5, 5.41) is 15.5. The van der Waals surface area contributed by atoms with Gasteiger partial charge in [-0.05, 0) is 141 Å². The molecule has 0 saturated heterocycles. The van der Waals surface area contributed by atoms with E-state index in [4.69, 9.17) is 4.74 Å². The first-order valence-electron chi connectivity index (χ1n) is 22.9. The molecule has 1 unspecified atom stereocenters. The van der Waals surface area contributed by atoms with Gasteiger partial charge in [0.25, 0.3) is 27.6 Å². The highest BCUT2D eigenvalue weighted by molar-refractivity contribution is 6.41. The van der Waals surface area contributed by atoms with Crippen LogP contribution in [0.3, 0.4) is 0 Å². The van der Waals surface area contributed by atoms with Crippen molar-refractivity contribution >= 4 is 36.1 Å². The van der Waals surface area contributed by atoms with Gasteiger partial charge in [-0.15, -0.1) is 0 Å². The number of carbonyl (C=O) groups is 1. The number of H-pyrrole nitrogens is 1. The number of benzene rings is 1. The number of ether oxygens (including phenoxy) is 1. The molecule has 1 amide bonds. The van der Waals surface area contributed by atoms with Crippen molar-refractivity contribution < 1.29 is 18.2 Å². The Labute approximate surface area is 380 Å². The predicted molar refractivity (Wildman–Crippen MR) is 258 cm³/mol. The molecule has 0 spiro atoms. The minimum atomic E-state index is -2.70. The Bertz CT molecular complexity index is 2390. The van der Waals surface area contributed by atoms with Gasteiger partial charge >= 0.3 is 7.40 Å². The van der Waals surface area contributed by atoms with Crippen molar-refractivity contribution in [2.45, 2.75) is 79.6 Å². The second kappa shape index (κ2) is 24.0. The number of halogens is 2. The van der Waals surface area contributed by atoms with Crippen molar-refractivity contribution in [2.24, 2.45) is 0 Å². The zero-order chi connectivity index (χ0) is 47.2. The summed E-state index contributed by atoms with van der Waals surface area (Å²) < 4.78 is 35.7. The topological polar surface area (TPSA) is 182 Å². The molecule has 0 bridgehead atoms. The van der Waals surface area contributed by atoms with Crippen molar-refractivity contribution in [2.75, 3.05) is 100 Å². The fraction of sp³-hybridized carbons (Fsp3) is 0.511. The van der Waals surface area contributed by atoms with Crippen LogP contribution >= 0.6 is 0 Å². The van der Waals surface area contributed by atoms with E-state index in [0.29, 0.717) is 112 Å². The number of rotatable bonds is 11. The molecule has 2 aromatic heterocycles. The van der Waals surface area contributed by atoms with E-state index in [1.54, 1.807) is 25.1 Å². The van der Waals surface area contributed by atoms with E-state index < -0.39 is 35.0 Å². The SMILES string of the molecule is CC.Cc1cc(C)c(C(c2ccc(OCC(=O)NCCCN3CCCNc4c(c(=O)c4=O)NCCCN(C)CCCNc4c(c(=O)c4=O)NCCC3)cc2)c2c(C)cc(C)n2B(F)F)[nH]1. The molecule has 352 valence electrons. The number of nitrogens with one attached hydrogen (secondary N) is 6. The van der Waals surface area contributed by atoms with E-state index >= 15 is 0 Å². The molecule has 0 fully saturated rings. The van der Waals surface area contributed by atoms with Crippen LogP contribution in [0.15, 0.2) is 55.6 Å². The van der Waals surface area contributed by atoms with Crippen LogP contribution in [0, 0.1) is 27.7 Å². The number of hydrogen-bond donors (Lipinski definition) is 6. The number of nitrogens with zero attached hydrogens (tertiary/aromatic N) is 3. The predicted octanol–water partition coefficient (Wildman–Crippen LogP) is 4.96. The summed E-state index contributed by atoms with van der Waals surface area (Å²) in [5.41, 5.74) is 4.63. The van der Waals surface area contributed by atoms with Crippen LogP contribution in [-0.2, 0) is 4.79 Å². The zero-order valence-corrected chi connectivity index (χ0v) is 39.0. The van der Waals surface area contributed by atoms with Gasteiger partial charge in [-0.25, -0.2) is 0 Å². The Balaban J connectivity index is 0.00000391. The third-order valence-electron chi connectivity index (χ3n) is 11.7. The number of aryl methyl sites for hydroxylation is 4. The highest BCUT2D eigenvalue weighted by Gasteiger charge is 2.32. The van der Waals surface area contributed by atoms with Crippen molar-refractivity contribution in [3.8, 4) is 5.75 Å². The van der Waals surface area contributed by atoms with Crippen LogP contribution < -0.4 is 53.0 Å². The van der Waals surface area contributed by atoms with E-state index in [-0.39, 0.29) is 12.5 Å². The number of anilines is 4. The molecule has 65 heavy (non-hydrogen) atoms. The summed E-state index contributed by atoms with van der Waals surface area (Å²) in [6, 6.07) is 11.0. The molecule has 0 saturated carbocycles. The van der Waals surface area contributed by atoms with Crippen LogP contribution in [0.1, 0.15) is 91.3 Å². The Kier molecular flexibility index (Phi) is 18.5. The van der Waals surface area contributed by atoms with Crippen LogP contribution in [0.4, 0.5) is 31.4 Å². The minimum absolute atomic E-state index is 0.204. The molecule has 1 aliphatic heterocycles. The van der Waals surface area contributed by atoms with E-state index in [0.717, 1.165) is 58.5 Å². The molecule has 18 heteroatoms. The van der Waals surface area contributed by atoms with Gasteiger partial charge in [0.1, 0.15) is 28.5 Å². The summed E-state index contributed by atoms with van der Waals surface area (Å²) in [6.07, 6.45) is 3.55. The van der Waals surface area contributed by atoms with Gasteiger partial charge in [-0.2, -0.15) is 0 Å². The first-order valence-corrected chi connectivity index (χ1v) is 22.9. The van der Waals surface area contributed by atoms with Crippen LogP contribution in [0.2, 0.25) is 0 Å². The number of fused-ring (bicyclic) bond motifs is 2. The number of aromatic nitrogens is 2. The summed E-state index contributed by atoms with van der Waals surface area (Å²) in [5.74, 6) is -0.298. The van der Waals surface area contributed by atoms with Gasteiger partial charge in [0, 0.05) is 55.5 Å². The maximum absolute atomic E-state index is 14.4. The molecule has 6 N–H and O–H groups in total. The summed E-state index contributed by atoms with van der Waals surface area (Å²) in [4.78, 5) is 69.9. The molecule has 3 aromatic carbocycles. The van der Waals surface area contributed by atoms with Crippen molar-refractivity contribution in [1.82, 2.24) is 24.6 Å². The van der Waals surface area contributed by atoms with E-state index in [1.807, 2.05) is 59.9 Å². The Hall–Kier alpha value is -5.75. The number of carbonyl (C=O) groups excluding carboxylic acids is 1. The maximum atomic E-state index is 14.4. The Morgan fingerprint density at radius 1 is 0.738 bits per heavy atom. The molecular weight excluding hydrogens is 835 g/mol. The quantitative estimate of drug-likeness (QED) is 0.0597. The lowest BCUT2D eigenvalue weighted by Gasteiger charge is -2.24. The van der Waals surface area contributed by atoms with Crippen LogP contribution in [-0.4, -0.2) is 112 Å². The average Bonchev–Trinajstić information content (AvgIpc) is 3.79. The van der Waals surface area contributed by atoms with Crippen molar-refractivity contribution in [3.63, 3.8) is 0 Å². The van der Waals surface area contributed by atoms with Gasteiger partial charge in [0.15, 0.2) is 6.61 Å². The number of amides is 1. The first kappa shape index (κ1) is 50.3. The highest BCUT2D eigenvalue weighted by atomic mass is 19.2. The molecule has 0 radical (unpaired) electrons. The zero-order valence-electron chi connectivity index (χ0n) is 39.0. The van der Waals surface area contributed by atoms with Gasteiger partial charge < -0.3 is 50.6 Å². The minimum Gasteiger partial charge on any atom is -0.484 e. The number of hydrogen-bond acceptors (Lipinski definition) is 12. The standard InChI is InChI=1S/C45H60BF2N9O6.C2H6/c1-28-25-30(3)54-36(28)35(41-29(2)26-31(4)57(41)46(47)48)32-11-13-33(14-12-32)63-27-34(58)49-15-8-22-56-23-9-18-52-39-37(42(59)44(39)61)50-16-6-20-55(5)21-7-17-51-38-40(45(62)43(38)60)53-19-10-24-56;1-2/h11-14,25-26,35,50-54H,6-10,15-24,27H2,1-5H3,(H,49,58);1-2H3. The molecule has 0 aliphatic carbocycles. The molecule has 1 aliphatic rings. The lowest BCUT2D eigenvalue weighted by atomic mass is 9.88. The molecule has 15 nitrogen and oxygen atoms in total. The summed E-state index contributed by atoms with van der Waals surface area (Å²) >= 11 is 0. The highest BCUT2D eigenvalue weighted by Crippen LogP contribution is 2.38. The third kappa shape index (κ3) is 12.7. The second-order valence-corrected chi connectivity index (χ2v) is 16.6. The second-order valence-electron chi connectivity index (χ2n) is 16.6. The van der Waals surface area contributed by atoms with Gasteiger partial charge in [-0.1, -0.05) is 26.0 Å². The normalized spacial score (nSPS) is 15.6. The molecule has 1 atom stereocenters. The number of aromatic amines is 1. The fourth-order valence-electron chi connectivity index (χ4n) is 8.52. The van der Waals surface area contributed by atoms with Crippen LogP contribution in [0.5, 0.6) is 5.75 Å². The smallest absolute Gasteiger partial charge is 0.484 e. The van der Waals surface area contributed by atoms with Gasteiger partial charge in [0.2, 0.25) is 0 Å². The monoisotopic (exact) mass is 902 g/mol. The van der Waals surface area contributed by atoms with Gasteiger partial charge in [-0.3, -0.25) is 32.6 Å². The summed E-state index contributed by atoms with van der Waals surface area (Å²) in [7, 11) is -0.702. The molecule has 6 rings (SSSR count). The Morgan fingerprint density at radius 3 is 1.69 bits per heavy atom.